The summed E-state index contributed by atoms with van der Waals surface area (Å²) in [5.41, 5.74) is -3.98. The summed E-state index contributed by atoms with van der Waals surface area (Å²) in [4.78, 5) is 61.8. The highest BCUT2D eigenvalue weighted by Gasteiger charge is 2.79. The maximum absolute atomic E-state index is 15.2. The van der Waals surface area contributed by atoms with Gasteiger partial charge >= 0.3 is 24.2 Å². The Labute approximate surface area is 316 Å². The fourth-order valence-electron chi connectivity index (χ4n) is 9.28. The Morgan fingerprint density at radius 1 is 1.08 bits per heavy atom. The lowest BCUT2D eigenvalue weighted by atomic mass is 9.56. The lowest BCUT2D eigenvalue weighted by molar-refractivity contribution is -0.953. The van der Waals surface area contributed by atoms with Crippen molar-refractivity contribution >= 4 is 41.5 Å². The second-order valence-electron chi connectivity index (χ2n) is 17.1. The number of hydrogen-bond donors (Lipinski definition) is 2. The van der Waals surface area contributed by atoms with Crippen LogP contribution < -0.4 is 5.06 Å². The van der Waals surface area contributed by atoms with Crippen LogP contribution in [-0.2, 0) is 39.0 Å². The van der Waals surface area contributed by atoms with E-state index in [0.717, 1.165) is 12.0 Å². The van der Waals surface area contributed by atoms with Gasteiger partial charge in [0.05, 0.1) is 17.1 Å². The van der Waals surface area contributed by atoms with Crippen molar-refractivity contribution < 1.29 is 57.7 Å². The molecule has 0 spiro atoms. The van der Waals surface area contributed by atoms with Gasteiger partial charge < -0.3 is 29.2 Å². The number of likely N-dealkylation sites (tertiary alicyclic amines) is 1. The van der Waals surface area contributed by atoms with Crippen LogP contribution in [-0.4, -0.2) is 87.1 Å². The fourth-order valence-corrected chi connectivity index (χ4v) is 9.57. The third kappa shape index (κ3) is 6.40. The number of esters is 2. The number of anilines is 1. The van der Waals surface area contributed by atoms with E-state index < -0.39 is 93.7 Å². The highest BCUT2D eigenvalue weighted by atomic mass is 35.5. The first-order chi connectivity index (χ1) is 24.3. The average Bonchev–Trinajstić information content (AvgIpc) is 3.31. The minimum Gasteiger partial charge on any atom is -0.454 e. The zero-order chi connectivity index (χ0) is 39.8. The Bertz CT molecular complexity index is 1730. The zero-order valence-electron chi connectivity index (χ0n) is 32.5. The van der Waals surface area contributed by atoms with Crippen molar-refractivity contribution in [3.8, 4) is 0 Å². The quantitative estimate of drug-likeness (QED) is 0.137. The molecule has 1 saturated carbocycles. The monoisotopic (exact) mass is 761 g/mol. The summed E-state index contributed by atoms with van der Waals surface area (Å²) in [5, 5.41) is 25.8. The lowest BCUT2D eigenvalue weighted by Gasteiger charge is -2.55. The molecule has 2 aliphatic heterocycles. The predicted octanol–water partition coefficient (Wildman–Crippen LogP) is 7.03. The van der Waals surface area contributed by atoms with Gasteiger partial charge in [0.15, 0.2) is 12.2 Å². The molecule has 13 nitrogen and oxygen atoms in total. The van der Waals surface area contributed by atoms with Gasteiger partial charge in [0, 0.05) is 25.5 Å². The van der Waals surface area contributed by atoms with Crippen LogP contribution in [0.3, 0.4) is 0 Å². The summed E-state index contributed by atoms with van der Waals surface area (Å²) in [6.45, 7) is 20.8. The number of nitrogens with zero attached hydrogens (tertiary/aromatic N) is 2. The number of hydroxylamine groups is 1. The van der Waals surface area contributed by atoms with Gasteiger partial charge in [0.2, 0.25) is 11.6 Å². The van der Waals surface area contributed by atoms with Gasteiger partial charge in [-0.1, -0.05) is 48.9 Å². The summed E-state index contributed by atoms with van der Waals surface area (Å²) in [6.07, 6.45) is -4.03. The summed E-state index contributed by atoms with van der Waals surface area (Å²) < 4.78 is 22.9. The molecule has 1 amide bonds. The third-order valence-electron chi connectivity index (χ3n) is 11.6. The van der Waals surface area contributed by atoms with Crippen LogP contribution in [0.1, 0.15) is 94.1 Å². The Morgan fingerprint density at radius 3 is 2.26 bits per heavy atom. The number of rotatable bonds is 5. The molecule has 53 heavy (non-hydrogen) atoms. The van der Waals surface area contributed by atoms with Crippen LogP contribution in [0.15, 0.2) is 42.0 Å². The van der Waals surface area contributed by atoms with Gasteiger partial charge in [0.25, 0.3) is 6.23 Å². The minimum absolute atomic E-state index is 0.167. The summed E-state index contributed by atoms with van der Waals surface area (Å²) in [6, 6.07) is 3.28. The Balaban J connectivity index is 1.73. The third-order valence-corrected chi connectivity index (χ3v) is 11.9. The molecule has 1 aromatic rings. The van der Waals surface area contributed by atoms with Crippen LogP contribution in [0.25, 0.3) is 0 Å². The molecular weight excluding hydrogens is 708 g/mol. The number of aliphatic hydroxyl groups is 1. The van der Waals surface area contributed by atoms with Crippen molar-refractivity contribution in [2.75, 3.05) is 12.1 Å². The molecule has 292 valence electrons. The Morgan fingerprint density at radius 2 is 1.72 bits per heavy atom. The fraction of sp³-hybridized carbons (Fsp3) is 0.641. The van der Waals surface area contributed by atoms with Crippen molar-refractivity contribution in [3.05, 3.63) is 52.6 Å². The van der Waals surface area contributed by atoms with E-state index in [2.05, 4.69) is 6.58 Å². The van der Waals surface area contributed by atoms with Crippen molar-refractivity contribution in [1.82, 2.24) is 0 Å². The number of carbonyl (C=O) groups is 4. The van der Waals surface area contributed by atoms with Gasteiger partial charge in [-0.25, -0.2) is 19.5 Å². The largest absolute Gasteiger partial charge is 0.517 e. The SMILES string of the molecule is C=C(C)[C@@H]1CC[C@@H](C)[C@]2(O)[C@@H](OC(=O)[C@@H]3C[C@@]4(OC(=O)OC(C)(C)C)c5cccc(Cl)c5N(C)O[C@H]4[N+]3(C(=O)O)C(C)(C)C)C(OC(C)=O)C(C)=C[C@@H]12. The Kier molecular flexibility index (Phi) is 10.4. The van der Waals surface area contributed by atoms with Crippen LogP contribution in [0.2, 0.25) is 5.02 Å². The molecule has 1 saturated heterocycles. The molecule has 0 radical (unpaired) electrons. The highest BCUT2D eigenvalue weighted by Crippen LogP contribution is 2.60. The number of carbonyl (C=O) groups excluding carboxylic acids is 3. The van der Waals surface area contributed by atoms with Gasteiger partial charge in [0.1, 0.15) is 16.7 Å². The van der Waals surface area contributed by atoms with E-state index in [4.69, 9.17) is 35.4 Å². The molecule has 4 aliphatic rings. The van der Waals surface area contributed by atoms with Gasteiger partial charge in [-0.15, -0.1) is 0 Å². The van der Waals surface area contributed by atoms with Crippen LogP contribution in [0, 0.1) is 17.8 Å². The number of allylic oxidation sites excluding steroid dienone is 1. The molecule has 0 aromatic heterocycles. The second kappa shape index (κ2) is 13.6. The van der Waals surface area contributed by atoms with E-state index in [1.165, 1.54) is 12.0 Å². The first-order valence-electron chi connectivity index (χ1n) is 18.0. The zero-order valence-corrected chi connectivity index (χ0v) is 33.3. The second-order valence-corrected chi connectivity index (χ2v) is 17.5. The summed E-state index contributed by atoms with van der Waals surface area (Å²) in [7, 11) is 1.55. The number of ether oxygens (including phenoxy) is 4. The predicted molar refractivity (Wildman–Crippen MR) is 195 cm³/mol. The van der Waals surface area contributed by atoms with Crippen molar-refractivity contribution in [2.24, 2.45) is 17.8 Å². The van der Waals surface area contributed by atoms with Gasteiger partial charge in [-0.05, 0) is 91.7 Å². The number of quaternary nitrogens is 1. The lowest BCUT2D eigenvalue weighted by Crippen LogP contribution is -2.75. The van der Waals surface area contributed by atoms with E-state index in [1.807, 2.05) is 19.9 Å². The normalized spacial score (nSPS) is 35.2. The maximum Gasteiger partial charge on any atom is 0.517 e. The number of para-hydroxylation sites is 1. The molecule has 2 N–H and O–H groups in total. The average molecular weight is 762 g/mol. The van der Waals surface area contributed by atoms with Crippen LogP contribution in [0.4, 0.5) is 15.3 Å². The highest BCUT2D eigenvalue weighted by molar-refractivity contribution is 6.33. The van der Waals surface area contributed by atoms with Crippen LogP contribution in [0.5, 0.6) is 0 Å². The number of amides is 1. The summed E-state index contributed by atoms with van der Waals surface area (Å²) >= 11 is 6.70. The van der Waals surface area contributed by atoms with E-state index in [1.54, 1.807) is 73.7 Å². The van der Waals surface area contributed by atoms with Crippen molar-refractivity contribution in [1.29, 1.82) is 0 Å². The molecule has 5 rings (SSSR count). The topological polar surface area (TPSA) is 158 Å². The van der Waals surface area contributed by atoms with E-state index in [-0.39, 0.29) is 10.9 Å². The molecule has 2 fully saturated rings. The van der Waals surface area contributed by atoms with E-state index in [9.17, 15) is 24.6 Å². The molecule has 0 bridgehead atoms. The molecule has 2 aliphatic carbocycles. The molecular formula is C39H54ClN2O11+. The Hall–Kier alpha value is -3.65. The summed E-state index contributed by atoms with van der Waals surface area (Å²) in [5.74, 6) is -2.82. The molecule has 1 aromatic carbocycles. The molecule has 14 heteroatoms. The number of benzene rings is 1. The standard InChI is InChI=1S/C39H53ClN2O11/c1-20(2)24-17-16-22(4)39(48)26(24)18-21(3)30(49-23(5)43)31(39)50-32(44)28-19-38(52-35(47)51-37(9,10)11)25-14-13-15-27(40)29(25)41(12)53-33(38)42(28,34(45)46)36(6,7)8/h13-15,18,22,24,26,28,30-31,33,48H,1,16-17,19H2,2-12H3/p+1/t22-,24+,26+,28+,30?,31+,33-,38-,39-,42?/m1/s1. The molecule has 2 unspecified atom stereocenters. The first kappa shape index (κ1) is 40.5. The van der Waals surface area contributed by atoms with E-state index in [0.29, 0.717) is 23.2 Å². The van der Waals surface area contributed by atoms with Crippen molar-refractivity contribution in [3.63, 3.8) is 0 Å². The molecule has 2 heterocycles. The van der Waals surface area contributed by atoms with Gasteiger partial charge in [-0.2, -0.15) is 9.28 Å². The van der Waals surface area contributed by atoms with Crippen LogP contribution >= 0.6 is 11.6 Å². The van der Waals surface area contributed by atoms with E-state index >= 15 is 4.79 Å². The number of carboxylic acid groups (broad SMARTS) is 1. The minimum atomic E-state index is -1.95. The first-order valence-corrected chi connectivity index (χ1v) is 18.4. The maximum atomic E-state index is 15.2. The van der Waals surface area contributed by atoms with Gasteiger partial charge in [-0.3, -0.25) is 4.79 Å². The van der Waals surface area contributed by atoms with Crippen molar-refractivity contribution in [2.45, 2.75) is 135 Å². The smallest absolute Gasteiger partial charge is 0.454 e. The number of fused-ring (bicyclic) bond motifs is 4. The number of hydrogen-bond acceptors (Lipinski definition) is 11. The molecule has 10 atom stereocenters. The number of halogens is 1.